The van der Waals surface area contributed by atoms with Crippen LogP contribution in [0.4, 0.5) is 6.01 Å². The molecule has 14 heavy (non-hydrogen) atoms. The first-order chi connectivity index (χ1) is 6.79. The van der Waals surface area contributed by atoms with Crippen molar-refractivity contribution in [2.75, 3.05) is 11.9 Å². The summed E-state index contributed by atoms with van der Waals surface area (Å²) in [5.41, 5.74) is 1.35. The molecule has 1 aromatic heterocycles. The molecule has 4 heteroatoms. The summed E-state index contributed by atoms with van der Waals surface area (Å²) in [6.45, 7) is 2.90. The van der Waals surface area contributed by atoms with Gasteiger partial charge in [0.25, 0.3) is 6.01 Å². The molecule has 0 radical (unpaired) electrons. The molecule has 0 unspecified atom stereocenters. The van der Waals surface area contributed by atoms with Crippen molar-refractivity contribution in [2.24, 2.45) is 0 Å². The van der Waals surface area contributed by atoms with Gasteiger partial charge in [-0.25, -0.2) is 0 Å². The Morgan fingerprint density at radius 1 is 1.50 bits per heavy atom. The maximum absolute atomic E-state index is 9.21. The number of rotatable bonds is 3. The van der Waals surface area contributed by atoms with Gasteiger partial charge in [0.15, 0.2) is 5.58 Å². The van der Waals surface area contributed by atoms with Crippen molar-refractivity contribution < 1.29 is 9.52 Å². The number of aromatic nitrogens is 1. The minimum atomic E-state index is 0.190. The normalized spacial score (nSPS) is 10.6. The van der Waals surface area contributed by atoms with Gasteiger partial charge in [-0.2, -0.15) is 4.98 Å². The predicted molar refractivity (Wildman–Crippen MR) is 54.5 cm³/mol. The topological polar surface area (TPSA) is 58.3 Å². The summed E-state index contributed by atoms with van der Waals surface area (Å²) < 4.78 is 5.37. The highest BCUT2D eigenvalue weighted by Crippen LogP contribution is 2.22. The largest absolute Gasteiger partial charge is 0.508 e. The Labute approximate surface area is 81.6 Å². The lowest BCUT2D eigenvalue weighted by Crippen LogP contribution is -1.98. The van der Waals surface area contributed by atoms with Gasteiger partial charge in [0, 0.05) is 12.6 Å². The molecule has 0 bridgehead atoms. The smallest absolute Gasteiger partial charge is 0.295 e. The van der Waals surface area contributed by atoms with Gasteiger partial charge >= 0.3 is 0 Å². The molecule has 4 nitrogen and oxygen atoms in total. The Morgan fingerprint density at radius 3 is 3.14 bits per heavy atom. The highest BCUT2D eigenvalue weighted by atomic mass is 16.4. The fraction of sp³-hybridized carbons (Fsp3) is 0.300. The molecule has 2 N–H and O–H groups in total. The number of benzene rings is 1. The van der Waals surface area contributed by atoms with Gasteiger partial charge in [-0.3, -0.25) is 0 Å². The fourth-order valence-electron chi connectivity index (χ4n) is 1.22. The summed E-state index contributed by atoms with van der Waals surface area (Å²) in [4.78, 5) is 4.20. The van der Waals surface area contributed by atoms with E-state index in [1.807, 2.05) is 0 Å². The maximum atomic E-state index is 9.21. The average molecular weight is 192 g/mol. The Kier molecular flexibility index (Phi) is 2.26. The number of hydrogen-bond donors (Lipinski definition) is 2. The molecule has 0 saturated carbocycles. The van der Waals surface area contributed by atoms with E-state index in [2.05, 4.69) is 17.2 Å². The molecule has 0 aliphatic heterocycles. The molecule has 0 aliphatic rings. The molecule has 0 fully saturated rings. The molecule has 2 rings (SSSR count). The zero-order valence-electron chi connectivity index (χ0n) is 7.95. The fourth-order valence-corrected chi connectivity index (χ4v) is 1.22. The van der Waals surface area contributed by atoms with Crippen LogP contribution < -0.4 is 5.32 Å². The van der Waals surface area contributed by atoms with Crippen LogP contribution in [0.15, 0.2) is 22.6 Å². The molecule has 1 aromatic carbocycles. The third kappa shape index (κ3) is 1.64. The second kappa shape index (κ2) is 3.57. The SMILES string of the molecule is CCCNc1nc2ccc(O)cc2o1. The third-order valence-electron chi connectivity index (χ3n) is 1.90. The standard InChI is InChI=1S/C10H12N2O2/c1-2-5-11-10-12-8-4-3-7(13)6-9(8)14-10/h3-4,6,13H,2,5H2,1H3,(H,11,12). The lowest BCUT2D eigenvalue weighted by Gasteiger charge is -1.94. The van der Waals surface area contributed by atoms with E-state index in [1.165, 1.54) is 0 Å². The van der Waals surface area contributed by atoms with E-state index < -0.39 is 0 Å². The maximum Gasteiger partial charge on any atom is 0.295 e. The van der Waals surface area contributed by atoms with Gasteiger partial charge in [0.05, 0.1) is 0 Å². The predicted octanol–water partition coefficient (Wildman–Crippen LogP) is 2.36. The van der Waals surface area contributed by atoms with Crippen LogP contribution in [0.3, 0.4) is 0 Å². The number of hydrogen-bond acceptors (Lipinski definition) is 4. The van der Waals surface area contributed by atoms with Crippen LogP contribution in [-0.4, -0.2) is 16.6 Å². The number of anilines is 1. The Bertz CT molecular complexity index is 437. The summed E-state index contributed by atoms with van der Waals surface area (Å²) in [6.07, 6.45) is 1.02. The van der Waals surface area contributed by atoms with E-state index in [0.717, 1.165) is 18.5 Å². The van der Waals surface area contributed by atoms with Crippen LogP contribution in [0, 0.1) is 0 Å². The molecule has 2 aromatic rings. The molecular weight excluding hydrogens is 180 g/mol. The monoisotopic (exact) mass is 192 g/mol. The second-order valence-electron chi connectivity index (χ2n) is 3.10. The summed E-state index contributed by atoms with van der Waals surface area (Å²) in [5.74, 6) is 0.190. The first-order valence-corrected chi connectivity index (χ1v) is 4.63. The first-order valence-electron chi connectivity index (χ1n) is 4.63. The lowest BCUT2D eigenvalue weighted by molar-refractivity contribution is 0.474. The number of nitrogens with zero attached hydrogens (tertiary/aromatic N) is 1. The zero-order chi connectivity index (χ0) is 9.97. The molecular formula is C10H12N2O2. The lowest BCUT2D eigenvalue weighted by atomic mass is 10.3. The summed E-state index contributed by atoms with van der Waals surface area (Å²) in [6, 6.07) is 5.38. The van der Waals surface area contributed by atoms with Gasteiger partial charge in [0.2, 0.25) is 0 Å². The highest BCUT2D eigenvalue weighted by molar-refractivity contribution is 5.75. The Hall–Kier alpha value is -1.71. The van der Waals surface area contributed by atoms with Crippen molar-refractivity contribution in [3.8, 4) is 5.75 Å². The average Bonchev–Trinajstić information content (AvgIpc) is 2.56. The van der Waals surface area contributed by atoms with Gasteiger partial charge in [-0.15, -0.1) is 0 Å². The van der Waals surface area contributed by atoms with Gasteiger partial charge in [-0.05, 0) is 18.6 Å². The number of fused-ring (bicyclic) bond motifs is 1. The molecule has 0 atom stereocenters. The van der Waals surface area contributed by atoms with Crippen LogP contribution in [0.1, 0.15) is 13.3 Å². The summed E-state index contributed by atoms with van der Waals surface area (Å²) >= 11 is 0. The highest BCUT2D eigenvalue weighted by Gasteiger charge is 2.04. The van der Waals surface area contributed by atoms with E-state index in [1.54, 1.807) is 18.2 Å². The van der Waals surface area contributed by atoms with Crippen molar-refractivity contribution in [3.63, 3.8) is 0 Å². The quantitative estimate of drug-likeness (QED) is 0.783. The van der Waals surface area contributed by atoms with Crippen molar-refractivity contribution in [3.05, 3.63) is 18.2 Å². The number of phenolic OH excluding ortho intramolecular Hbond substituents is 1. The van der Waals surface area contributed by atoms with Crippen LogP contribution in [0.25, 0.3) is 11.1 Å². The van der Waals surface area contributed by atoms with Crippen molar-refractivity contribution >= 4 is 17.1 Å². The Morgan fingerprint density at radius 2 is 2.36 bits per heavy atom. The van der Waals surface area contributed by atoms with E-state index in [0.29, 0.717) is 11.6 Å². The van der Waals surface area contributed by atoms with Crippen LogP contribution in [-0.2, 0) is 0 Å². The minimum absolute atomic E-state index is 0.190. The van der Waals surface area contributed by atoms with Crippen LogP contribution >= 0.6 is 0 Å². The summed E-state index contributed by atoms with van der Waals surface area (Å²) in [7, 11) is 0. The molecule has 0 aliphatic carbocycles. The van der Waals surface area contributed by atoms with Crippen molar-refractivity contribution in [1.29, 1.82) is 0 Å². The molecule has 74 valence electrons. The van der Waals surface area contributed by atoms with E-state index in [-0.39, 0.29) is 5.75 Å². The molecule has 0 spiro atoms. The van der Waals surface area contributed by atoms with E-state index in [9.17, 15) is 5.11 Å². The molecule has 0 saturated heterocycles. The van der Waals surface area contributed by atoms with Gasteiger partial charge < -0.3 is 14.8 Å². The van der Waals surface area contributed by atoms with Crippen molar-refractivity contribution in [1.82, 2.24) is 4.98 Å². The van der Waals surface area contributed by atoms with Crippen molar-refractivity contribution in [2.45, 2.75) is 13.3 Å². The number of phenols is 1. The number of oxazole rings is 1. The molecule has 0 amide bonds. The minimum Gasteiger partial charge on any atom is -0.508 e. The first kappa shape index (κ1) is 8.87. The Balaban J connectivity index is 2.32. The van der Waals surface area contributed by atoms with E-state index >= 15 is 0 Å². The molecule has 1 heterocycles. The number of aromatic hydroxyl groups is 1. The van der Waals surface area contributed by atoms with Gasteiger partial charge in [0.1, 0.15) is 11.3 Å². The van der Waals surface area contributed by atoms with Crippen LogP contribution in [0.5, 0.6) is 5.75 Å². The zero-order valence-corrected chi connectivity index (χ0v) is 7.95. The van der Waals surface area contributed by atoms with Gasteiger partial charge in [-0.1, -0.05) is 6.92 Å². The van der Waals surface area contributed by atoms with Crippen LogP contribution in [0.2, 0.25) is 0 Å². The number of nitrogens with one attached hydrogen (secondary N) is 1. The summed E-state index contributed by atoms with van der Waals surface area (Å²) in [5, 5.41) is 12.3. The van der Waals surface area contributed by atoms with E-state index in [4.69, 9.17) is 4.42 Å². The second-order valence-corrected chi connectivity index (χ2v) is 3.10. The third-order valence-corrected chi connectivity index (χ3v) is 1.90.